The largest absolute Gasteiger partial charge is 0.347 e. The van der Waals surface area contributed by atoms with Crippen molar-refractivity contribution >= 4 is 23.2 Å². The number of imidazole rings is 1. The minimum absolute atomic E-state index is 0.134. The molecule has 2 aromatic heterocycles. The smallest absolute Gasteiger partial charge is 0.270 e. The monoisotopic (exact) mass is 313 g/mol. The molecule has 0 aliphatic heterocycles. The summed E-state index contributed by atoms with van der Waals surface area (Å²) >= 11 is 5.86. The molecule has 1 aromatic carbocycles. The zero-order chi connectivity index (χ0) is 15.7. The quantitative estimate of drug-likeness (QED) is 0.804. The van der Waals surface area contributed by atoms with Crippen molar-refractivity contribution < 1.29 is 4.79 Å². The van der Waals surface area contributed by atoms with E-state index < -0.39 is 0 Å². The number of aromatic nitrogens is 2. The molecule has 4 nitrogen and oxygen atoms in total. The van der Waals surface area contributed by atoms with Crippen molar-refractivity contribution in [2.24, 2.45) is 0 Å². The molecule has 22 heavy (non-hydrogen) atoms. The molecule has 112 valence electrons. The lowest BCUT2D eigenvalue weighted by Gasteiger charge is -2.07. The first kappa shape index (κ1) is 14.6. The number of halogens is 1. The third-order valence-corrected chi connectivity index (χ3v) is 3.85. The molecular weight excluding hydrogens is 298 g/mol. The lowest BCUT2D eigenvalue weighted by molar-refractivity contribution is 0.0944. The van der Waals surface area contributed by atoms with Crippen molar-refractivity contribution in [3.05, 3.63) is 70.1 Å². The Bertz CT molecular complexity index is 837. The van der Waals surface area contributed by atoms with Crippen molar-refractivity contribution in [1.29, 1.82) is 0 Å². The van der Waals surface area contributed by atoms with Crippen LogP contribution in [0.1, 0.15) is 27.3 Å². The summed E-state index contributed by atoms with van der Waals surface area (Å²) in [5.74, 6) is -0.134. The SMILES string of the molecule is Cc1nc2c(C)cccn2c1C(=O)NCc1ccc(Cl)cc1. The van der Waals surface area contributed by atoms with Crippen molar-refractivity contribution in [3.63, 3.8) is 0 Å². The van der Waals surface area contributed by atoms with E-state index in [4.69, 9.17) is 11.6 Å². The highest BCUT2D eigenvalue weighted by Gasteiger charge is 2.16. The molecule has 0 atom stereocenters. The highest BCUT2D eigenvalue weighted by Crippen LogP contribution is 2.15. The van der Waals surface area contributed by atoms with Gasteiger partial charge in [-0.25, -0.2) is 4.98 Å². The summed E-state index contributed by atoms with van der Waals surface area (Å²) in [5.41, 5.74) is 4.16. The number of pyridine rings is 1. The van der Waals surface area contributed by atoms with E-state index in [1.165, 1.54) is 0 Å². The zero-order valence-corrected chi connectivity index (χ0v) is 13.2. The fourth-order valence-corrected chi connectivity index (χ4v) is 2.59. The van der Waals surface area contributed by atoms with Gasteiger partial charge in [-0.05, 0) is 43.2 Å². The Labute approximate surface area is 133 Å². The first-order chi connectivity index (χ1) is 10.6. The molecule has 0 saturated heterocycles. The number of rotatable bonds is 3. The number of hydrogen-bond donors (Lipinski definition) is 1. The standard InChI is InChI=1S/C17H16ClN3O/c1-11-4-3-9-21-15(12(2)20-16(11)21)17(22)19-10-13-5-7-14(18)8-6-13/h3-9H,10H2,1-2H3,(H,19,22). The van der Waals surface area contributed by atoms with Crippen molar-refractivity contribution in [1.82, 2.24) is 14.7 Å². The summed E-state index contributed by atoms with van der Waals surface area (Å²) in [5, 5.41) is 3.61. The van der Waals surface area contributed by atoms with E-state index in [1.54, 1.807) is 0 Å². The topological polar surface area (TPSA) is 46.4 Å². The van der Waals surface area contributed by atoms with Crippen LogP contribution in [0.3, 0.4) is 0 Å². The van der Waals surface area contributed by atoms with Crippen LogP contribution in [0, 0.1) is 13.8 Å². The van der Waals surface area contributed by atoms with E-state index in [1.807, 2.05) is 60.8 Å². The molecule has 1 amide bonds. The molecule has 0 radical (unpaired) electrons. The first-order valence-corrected chi connectivity index (χ1v) is 7.41. The fraction of sp³-hybridized carbons (Fsp3) is 0.176. The lowest BCUT2D eigenvalue weighted by atomic mass is 10.2. The molecule has 2 heterocycles. The van der Waals surface area contributed by atoms with Gasteiger partial charge in [0.05, 0.1) is 5.69 Å². The van der Waals surface area contributed by atoms with E-state index in [2.05, 4.69) is 10.3 Å². The van der Waals surface area contributed by atoms with Crippen LogP contribution in [0.4, 0.5) is 0 Å². The molecule has 0 bridgehead atoms. The Hall–Kier alpha value is -2.33. The normalized spacial score (nSPS) is 10.9. The number of carbonyl (C=O) groups is 1. The van der Waals surface area contributed by atoms with Crippen molar-refractivity contribution in [2.75, 3.05) is 0 Å². The third kappa shape index (κ3) is 2.70. The maximum atomic E-state index is 12.5. The van der Waals surface area contributed by atoms with Gasteiger partial charge in [-0.3, -0.25) is 9.20 Å². The Kier molecular flexibility index (Phi) is 3.86. The Morgan fingerprint density at radius 1 is 1.23 bits per heavy atom. The number of nitrogens with zero attached hydrogens (tertiary/aromatic N) is 2. The Morgan fingerprint density at radius 3 is 2.68 bits per heavy atom. The van der Waals surface area contributed by atoms with Crippen LogP contribution in [-0.4, -0.2) is 15.3 Å². The number of amides is 1. The highest BCUT2D eigenvalue weighted by molar-refractivity contribution is 6.30. The van der Waals surface area contributed by atoms with Crippen LogP contribution in [0.25, 0.3) is 5.65 Å². The van der Waals surface area contributed by atoms with E-state index in [9.17, 15) is 4.79 Å². The van der Waals surface area contributed by atoms with Crippen LogP contribution >= 0.6 is 11.6 Å². The third-order valence-electron chi connectivity index (χ3n) is 3.60. The minimum atomic E-state index is -0.134. The van der Waals surface area contributed by atoms with Crippen molar-refractivity contribution in [3.8, 4) is 0 Å². The molecule has 0 unspecified atom stereocenters. The lowest BCUT2D eigenvalue weighted by Crippen LogP contribution is -2.25. The first-order valence-electron chi connectivity index (χ1n) is 7.03. The number of carbonyl (C=O) groups excluding carboxylic acids is 1. The second kappa shape index (κ2) is 5.81. The van der Waals surface area contributed by atoms with Gasteiger partial charge >= 0.3 is 0 Å². The average Bonchev–Trinajstić information content (AvgIpc) is 2.84. The molecule has 0 spiro atoms. The summed E-state index contributed by atoms with van der Waals surface area (Å²) < 4.78 is 1.84. The van der Waals surface area contributed by atoms with Gasteiger partial charge in [-0.2, -0.15) is 0 Å². The summed E-state index contributed by atoms with van der Waals surface area (Å²) in [6.45, 7) is 4.29. The second-order valence-electron chi connectivity index (χ2n) is 5.24. The molecule has 3 aromatic rings. The molecule has 0 saturated carbocycles. The van der Waals surface area contributed by atoms with Gasteiger partial charge in [0.1, 0.15) is 11.3 Å². The van der Waals surface area contributed by atoms with Crippen LogP contribution < -0.4 is 5.32 Å². The average molecular weight is 314 g/mol. The van der Waals surface area contributed by atoms with E-state index in [-0.39, 0.29) is 5.91 Å². The summed E-state index contributed by atoms with van der Waals surface area (Å²) in [6, 6.07) is 11.3. The number of fused-ring (bicyclic) bond motifs is 1. The van der Waals surface area contributed by atoms with Crippen molar-refractivity contribution in [2.45, 2.75) is 20.4 Å². The van der Waals surface area contributed by atoms with Gasteiger partial charge in [0, 0.05) is 17.8 Å². The Morgan fingerprint density at radius 2 is 1.95 bits per heavy atom. The molecule has 1 N–H and O–H groups in total. The number of nitrogens with one attached hydrogen (secondary N) is 1. The summed E-state index contributed by atoms with van der Waals surface area (Å²) in [6.07, 6.45) is 1.86. The predicted molar refractivity (Wildman–Crippen MR) is 87.3 cm³/mol. The van der Waals surface area contributed by atoms with E-state index in [0.717, 1.165) is 22.5 Å². The fourth-order valence-electron chi connectivity index (χ4n) is 2.46. The van der Waals surface area contributed by atoms with Gasteiger partial charge in [0.25, 0.3) is 5.91 Å². The van der Waals surface area contributed by atoms with Gasteiger partial charge in [0.15, 0.2) is 0 Å². The molecule has 0 aliphatic carbocycles. The highest BCUT2D eigenvalue weighted by atomic mass is 35.5. The summed E-state index contributed by atoms with van der Waals surface area (Å²) in [7, 11) is 0. The maximum Gasteiger partial charge on any atom is 0.270 e. The van der Waals surface area contributed by atoms with Crippen LogP contribution in [0.2, 0.25) is 5.02 Å². The number of benzene rings is 1. The molecule has 5 heteroatoms. The minimum Gasteiger partial charge on any atom is -0.347 e. The Balaban J connectivity index is 1.85. The number of aryl methyl sites for hydroxylation is 2. The predicted octanol–water partition coefficient (Wildman–Crippen LogP) is 3.53. The maximum absolute atomic E-state index is 12.5. The van der Waals surface area contributed by atoms with Crippen LogP contribution in [0.15, 0.2) is 42.6 Å². The molecular formula is C17H16ClN3O. The molecule has 3 rings (SSSR count). The van der Waals surface area contributed by atoms with Gasteiger partial charge in [0.2, 0.25) is 0 Å². The summed E-state index contributed by atoms with van der Waals surface area (Å²) in [4.78, 5) is 17.0. The zero-order valence-electron chi connectivity index (χ0n) is 12.4. The number of hydrogen-bond acceptors (Lipinski definition) is 2. The van der Waals surface area contributed by atoms with Gasteiger partial charge < -0.3 is 5.32 Å². The van der Waals surface area contributed by atoms with Gasteiger partial charge in [-0.1, -0.05) is 29.8 Å². The van der Waals surface area contributed by atoms with Gasteiger partial charge in [-0.15, -0.1) is 0 Å². The molecule has 0 fully saturated rings. The molecule has 0 aliphatic rings. The van der Waals surface area contributed by atoms with Crippen LogP contribution in [0.5, 0.6) is 0 Å². The van der Waals surface area contributed by atoms with Crippen LogP contribution in [-0.2, 0) is 6.54 Å². The van der Waals surface area contributed by atoms with E-state index in [0.29, 0.717) is 17.3 Å². The second-order valence-corrected chi connectivity index (χ2v) is 5.68. The van der Waals surface area contributed by atoms with E-state index >= 15 is 0 Å².